The fourth-order valence-corrected chi connectivity index (χ4v) is 5.82. The van der Waals surface area contributed by atoms with Crippen molar-refractivity contribution in [2.45, 2.75) is 58.6 Å². The zero-order valence-corrected chi connectivity index (χ0v) is 23.1. The summed E-state index contributed by atoms with van der Waals surface area (Å²) in [5.41, 5.74) is 5.88. The van der Waals surface area contributed by atoms with Crippen molar-refractivity contribution in [2.75, 3.05) is 13.7 Å². The molecule has 38 heavy (non-hydrogen) atoms. The van der Waals surface area contributed by atoms with Crippen LogP contribution in [0.25, 0.3) is 21.9 Å². The zero-order chi connectivity index (χ0) is 26.8. The Morgan fingerprint density at radius 3 is 2.32 bits per heavy atom. The minimum atomic E-state index is -0.0125. The van der Waals surface area contributed by atoms with E-state index < -0.39 is 0 Å². The SMILES string of the molecule is CNC(CCOc1ccc(C2c3cc(OC(C)C)ccc3-c3ccc4cccc(O)c4c32)cc1)CC(C)C. The number of phenols is 1. The second-order valence-corrected chi connectivity index (χ2v) is 11.1. The van der Waals surface area contributed by atoms with Crippen LogP contribution in [0.5, 0.6) is 17.2 Å². The van der Waals surface area contributed by atoms with Crippen molar-refractivity contribution in [1.82, 2.24) is 5.32 Å². The van der Waals surface area contributed by atoms with Crippen LogP contribution in [0, 0.1) is 5.92 Å². The number of benzene rings is 4. The molecule has 4 heteroatoms. The van der Waals surface area contributed by atoms with Gasteiger partial charge in [0.15, 0.2) is 0 Å². The summed E-state index contributed by atoms with van der Waals surface area (Å²) in [4.78, 5) is 0. The maximum atomic E-state index is 11.0. The molecule has 0 radical (unpaired) electrons. The fourth-order valence-electron chi connectivity index (χ4n) is 5.82. The van der Waals surface area contributed by atoms with Crippen LogP contribution < -0.4 is 14.8 Å². The molecule has 0 heterocycles. The first-order valence-corrected chi connectivity index (χ1v) is 13.8. The number of phenolic OH excluding ortho intramolecular Hbond substituents is 1. The van der Waals surface area contributed by atoms with E-state index in [1.807, 2.05) is 27.0 Å². The molecule has 4 nitrogen and oxygen atoms in total. The molecule has 198 valence electrons. The highest BCUT2D eigenvalue weighted by Gasteiger charge is 2.33. The first-order valence-electron chi connectivity index (χ1n) is 13.8. The van der Waals surface area contributed by atoms with Gasteiger partial charge in [0, 0.05) is 17.3 Å². The minimum absolute atomic E-state index is 0.0125. The van der Waals surface area contributed by atoms with Crippen molar-refractivity contribution in [2.24, 2.45) is 5.92 Å². The molecule has 1 aliphatic carbocycles. The van der Waals surface area contributed by atoms with Gasteiger partial charge in [0.1, 0.15) is 17.2 Å². The number of fused-ring (bicyclic) bond motifs is 5. The molecule has 5 rings (SSSR count). The lowest BCUT2D eigenvalue weighted by Gasteiger charge is -2.20. The van der Waals surface area contributed by atoms with Crippen molar-refractivity contribution in [3.05, 3.63) is 89.5 Å². The van der Waals surface area contributed by atoms with E-state index in [1.165, 1.54) is 22.3 Å². The predicted molar refractivity (Wildman–Crippen MR) is 157 cm³/mol. The highest BCUT2D eigenvalue weighted by atomic mass is 16.5. The second-order valence-electron chi connectivity index (χ2n) is 11.1. The third kappa shape index (κ3) is 5.23. The summed E-state index contributed by atoms with van der Waals surface area (Å²) >= 11 is 0. The van der Waals surface area contributed by atoms with E-state index in [9.17, 15) is 5.11 Å². The molecule has 2 N–H and O–H groups in total. The molecular formula is C34H39NO3. The Morgan fingerprint density at radius 2 is 1.61 bits per heavy atom. The quantitative estimate of drug-likeness (QED) is 0.201. The smallest absolute Gasteiger partial charge is 0.123 e. The van der Waals surface area contributed by atoms with Gasteiger partial charge in [-0.15, -0.1) is 0 Å². The lowest BCUT2D eigenvalue weighted by molar-refractivity contribution is 0.242. The van der Waals surface area contributed by atoms with E-state index in [-0.39, 0.29) is 12.0 Å². The maximum absolute atomic E-state index is 11.0. The third-order valence-corrected chi connectivity index (χ3v) is 7.46. The van der Waals surface area contributed by atoms with Crippen LogP contribution in [-0.2, 0) is 0 Å². The summed E-state index contributed by atoms with van der Waals surface area (Å²) in [6.45, 7) is 9.28. The van der Waals surface area contributed by atoms with Gasteiger partial charge in [-0.3, -0.25) is 0 Å². The summed E-state index contributed by atoms with van der Waals surface area (Å²) in [6.07, 6.45) is 2.21. The Balaban J connectivity index is 1.49. The average molecular weight is 510 g/mol. The van der Waals surface area contributed by atoms with Gasteiger partial charge in [-0.2, -0.15) is 0 Å². The van der Waals surface area contributed by atoms with Crippen molar-refractivity contribution in [1.29, 1.82) is 0 Å². The number of aromatic hydroxyl groups is 1. The van der Waals surface area contributed by atoms with Crippen LogP contribution in [0.1, 0.15) is 63.1 Å². The van der Waals surface area contributed by atoms with Crippen LogP contribution in [0.15, 0.2) is 72.8 Å². The van der Waals surface area contributed by atoms with Crippen LogP contribution in [-0.4, -0.2) is 30.9 Å². The van der Waals surface area contributed by atoms with E-state index >= 15 is 0 Å². The molecule has 0 saturated heterocycles. The van der Waals surface area contributed by atoms with Gasteiger partial charge >= 0.3 is 0 Å². The molecule has 0 saturated carbocycles. The highest BCUT2D eigenvalue weighted by molar-refractivity contribution is 6.00. The number of ether oxygens (including phenoxy) is 2. The summed E-state index contributed by atoms with van der Waals surface area (Å²) in [5.74, 6) is 2.71. The van der Waals surface area contributed by atoms with Gasteiger partial charge in [0.05, 0.1) is 12.7 Å². The number of hydrogen-bond donors (Lipinski definition) is 2. The fraction of sp³-hybridized carbons (Fsp3) is 0.353. The molecule has 1 aliphatic rings. The molecule has 2 unspecified atom stereocenters. The van der Waals surface area contributed by atoms with Gasteiger partial charge in [0.25, 0.3) is 0 Å². The molecule has 2 atom stereocenters. The standard InChI is InChI=1S/C34H39NO3/c1-21(2)19-25(35-5)17-18-37-26-12-9-24(10-13-26)32-30-20-27(38-22(3)4)14-16-28(30)29-15-11-23-7-6-8-31(36)33(23)34(29)32/h6-16,20-22,25,32,35-36H,17-19H2,1-5H3. The Bertz CT molecular complexity index is 1410. The second kappa shape index (κ2) is 11.1. The van der Waals surface area contributed by atoms with E-state index in [0.29, 0.717) is 24.3 Å². The average Bonchev–Trinajstić information content (AvgIpc) is 3.21. The van der Waals surface area contributed by atoms with Gasteiger partial charge in [-0.05, 0) is 103 Å². The lowest BCUT2D eigenvalue weighted by atomic mass is 9.86. The van der Waals surface area contributed by atoms with E-state index in [0.717, 1.165) is 40.7 Å². The van der Waals surface area contributed by atoms with Crippen molar-refractivity contribution in [3.63, 3.8) is 0 Å². The molecular weight excluding hydrogens is 470 g/mol. The zero-order valence-electron chi connectivity index (χ0n) is 23.1. The number of hydrogen-bond acceptors (Lipinski definition) is 4. The summed E-state index contributed by atoms with van der Waals surface area (Å²) in [7, 11) is 2.03. The number of nitrogens with one attached hydrogen (secondary N) is 1. The van der Waals surface area contributed by atoms with Crippen molar-refractivity contribution >= 4 is 10.8 Å². The van der Waals surface area contributed by atoms with Crippen molar-refractivity contribution < 1.29 is 14.6 Å². The van der Waals surface area contributed by atoms with Crippen LogP contribution in [0.3, 0.4) is 0 Å². The normalized spacial score (nSPS) is 15.1. The summed E-state index contributed by atoms with van der Waals surface area (Å²) in [6, 6.07) is 25.4. The molecule has 0 spiro atoms. The van der Waals surface area contributed by atoms with Crippen LogP contribution in [0.4, 0.5) is 0 Å². The third-order valence-electron chi connectivity index (χ3n) is 7.46. The van der Waals surface area contributed by atoms with Crippen LogP contribution in [0.2, 0.25) is 0 Å². The maximum Gasteiger partial charge on any atom is 0.123 e. The van der Waals surface area contributed by atoms with Crippen molar-refractivity contribution in [3.8, 4) is 28.4 Å². The summed E-state index contributed by atoms with van der Waals surface area (Å²) < 4.78 is 12.2. The van der Waals surface area contributed by atoms with Gasteiger partial charge in [0.2, 0.25) is 0 Å². The lowest BCUT2D eigenvalue weighted by Crippen LogP contribution is -2.28. The highest BCUT2D eigenvalue weighted by Crippen LogP contribution is 2.53. The van der Waals surface area contributed by atoms with E-state index in [2.05, 4.69) is 79.8 Å². The van der Waals surface area contributed by atoms with Gasteiger partial charge in [-0.1, -0.05) is 56.3 Å². The molecule has 4 aromatic carbocycles. The molecule has 0 aromatic heterocycles. The molecule has 0 bridgehead atoms. The Labute approximate surface area is 226 Å². The monoisotopic (exact) mass is 509 g/mol. The Morgan fingerprint density at radius 1 is 0.868 bits per heavy atom. The van der Waals surface area contributed by atoms with Crippen LogP contribution >= 0.6 is 0 Å². The topological polar surface area (TPSA) is 50.7 Å². The molecule has 0 aliphatic heterocycles. The Kier molecular flexibility index (Phi) is 7.62. The van der Waals surface area contributed by atoms with Gasteiger partial charge in [-0.25, -0.2) is 0 Å². The minimum Gasteiger partial charge on any atom is -0.507 e. The Hall–Kier alpha value is -3.50. The molecule has 4 aromatic rings. The first-order chi connectivity index (χ1) is 18.4. The van der Waals surface area contributed by atoms with E-state index in [1.54, 1.807) is 6.07 Å². The predicted octanol–water partition coefficient (Wildman–Crippen LogP) is 7.90. The summed E-state index contributed by atoms with van der Waals surface area (Å²) in [5, 5.41) is 16.3. The number of rotatable bonds is 10. The largest absolute Gasteiger partial charge is 0.507 e. The molecule has 0 fully saturated rings. The van der Waals surface area contributed by atoms with Gasteiger partial charge < -0.3 is 19.9 Å². The first kappa shape index (κ1) is 26.1. The molecule has 0 amide bonds. The van der Waals surface area contributed by atoms with E-state index in [4.69, 9.17) is 9.47 Å².